The molecule has 6 heteroatoms. The number of rotatable bonds is 4. The van der Waals surface area contributed by atoms with Gasteiger partial charge < -0.3 is 14.7 Å². The van der Waals surface area contributed by atoms with Gasteiger partial charge in [-0.3, -0.25) is 9.69 Å². The van der Waals surface area contributed by atoms with Crippen molar-refractivity contribution >= 4 is 17.7 Å². The summed E-state index contributed by atoms with van der Waals surface area (Å²) in [5.74, 6) is 4.44. The molecule has 1 aromatic rings. The molecule has 30 heavy (non-hydrogen) atoms. The summed E-state index contributed by atoms with van der Waals surface area (Å²) in [5.41, 5.74) is 0.640. The molecule has 1 N–H and O–H groups in total. The van der Waals surface area contributed by atoms with Crippen LogP contribution < -0.4 is 4.74 Å². The van der Waals surface area contributed by atoms with Crippen LogP contribution in [-0.4, -0.2) is 76.7 Å². The number of benzene rings is 1. The number of carbonyl (C=O) groups excluding carboxylic acids is 1. The predicted octanol–water partition coefficient (Wildman–Crippen LogP) is 3.27. The van der Waals surface area contributed by atoms with Gasteiger partial charge in [0.15, 0.2) is 0 Å². The van der Waals surface area contributed by atoms with Crippen LogP contribution in [0.5, 0.6) is 5.75 Å². The Kier molecular flexibility index (Phi) is 6.26. The maximum absolute atomic E-state index is 13.0. The Hall–Kier alpha value is -1.24. The number of hydrogen-bond acceptors (Lipinski definition) is 5. The van der Waals surface area contributed by atoms with E-state index in [1.165, 1.54) is 24.3 Å². The number of hydrogen-bond donors (Lipinski definition) is 1. The third-order valence-electron chi connectivity index (χ3n) is 7.61. The first-order chi connectivity index (χ1) is 14.7. The van der Waals surface area contributed by atoms with E-state index >= 15 is 0 Å². The lowest BCUT2D eigenvalue weighted by atomic mass is 9.78. The van der Waals surface area contributed by atoms with Gasteiger partial charge >= 0.3 is 0 Å². The highest BCUT2D eigenvalue weighted by Gasteiger charge is 2.44. The van der Waals surface area contributed by atoms with Gasteiger partial charge in [-0.15, -0.1) is 0 Å². The van der Waals surface area contributed by atoms with Crippen molar-refractivity contribution in [3.8, 4) is 5.75 Å². The Labute approximate surface area is 184 Å². The fraction of sp³-hybridized carbons (Fsp3) is 0.708. The molecule has 3 heterocycles. The SMILES string of the molecule is O=C(c1ccccc1O[C@@H]1C[C@@H]2CN(C3CCSCC3)C[C@@H]2C[C@H]1O)N1CCCC1. The molecule has 1 saturated carbocycles. The Morgan fingerprint density at radius 3 is 2.50 bits per heavy atom. The van der Waals surface area contributed by atoms with Gasteiger partial charge in [-0.1, -0.05) is 12.1 Å². The highest BCUT2D eigenvalue weighted by Crippen LogP contribution is 2.40. The van der Waals surface area contributed by atoms with Crippen molar-refractivity contribution in [2.24, 2.45) is 11.8 Å². The van der Waals surface area contributed by atoms with Gasteiger partial charge in [0.1, 0.15) is 11.9 Å². The first-order valence-electron chi connectivity index (χ1n) is 11.7. The van der Waals surface area contributed by atoms with Crippen LogP contribution in [0.25, 0.3) is 0 Å². The van der Waals surface area contributed by atoms with Gasteiger partial charge in [-0.25, -0.2) is 0 Å². The fourth-order valence-corrected chi connectivity index (χ4v) is 6.98. The summed E-state index contributed by atoms with van der Waals surface area (Å²) in [4.78, 5) is 17.6. The largest absolute Gasteiger partial charge is 0.487 e. The van der Waals surface area contributed by atoms with E-state index in [1.54, 1.807) is 0 Å². The number of aliphatic hydroxyl groups is 1. The van der Waals surface area contributed by atoms with Crippen LogP contribution in [0, 0.1) is 11.8 Å². The lowest BCUT2D eigenvalue weighted by Crippen LogP contribution is -2.42. The van der Waals surface area contributed by atoms with Crippen LogP contribution in [0.3, 0.4) is 0 Å². The van der Waals surface area contributed by atoms with Gasteiger partial charge in [-0.2, -0.15) is 11.8 Å². The average molecular weight is 431 g/mol. The molecule has 0 spiro atoms. The van der Waals surface area contributed by atoms with Crippen LogP contribution in [-0.2, 0) is 0 Å². The van der Waals surface area contributed by atoms with E-state index in [0.717, 1.165) is 57.9 Å². The van der Waals surface area contributed by atoms with Crippen molar-refractivity contribution < 1.29 is 14.6 Å². The van der Waals surface area contributed by atoms with Crippen molar-refractivity contribution in [3.05, 3.63) is 29.8 Å². The number of carbonyl (C=O) groups is 1. The Morgan fingerprint density at radius 1 is 1.03 bits per heavy atom. The van der Waals surface area contributed by atoms with Gasteiger partial charge in [-0.05, 0) is 74.0 Å². The minimum absolute atomic E-state index is 0.0634. The molecule has 1 aliphatic carbocycles. The van der Waals surface area contributed by atoms with Gasteiger partial charge in [0.2, 0.25) is 0 Å². The first kappa shape index (κ1) is 20.7. The standard InChI is InChI=1S/C24H34N2O3S/c27-21-13-17-15-26(19-7-11-30-12-8-19)16-18(17)14-23(21)29-22-6-2-1-5-20(22)24(28)25-9-3-4-10-25/h1-2,5-6,17-19,21,23,27H,3-4,7-16H2/t17-,18+,21+,23+/m0/s1. The van der Waals surface area contributed by atoms with E-state index in [0.29, 0.717) is 23.1 Å². The van der Waals surface area contributed by atoms with Crippen molar-refractivity contribution in [3.63, 3.8) is 0 Å². The third kappa shape index (κ3) is 4.23. The number of nitrogens with zero attached hydrogens (tertiary/aromatic N) is 2. The number of para-hydroxylation sites is 1. The van der Waals surface area contributed by atoms with Crippen LogP contribution in [0.1, 0.15) is 48.9 Å². The molecule has 3 aliphatic heterocycles. The quantitative estimate of drug-likeness (QED) is 0.795. The molecule has 0 bridgehead atoms. The minimum Gasteiger partial charge on any atom is -0.487 e. The minimum atomic E-state index is -0.456. The summed E-state index contributed by atoms with van der Waals surface area (Å²) in [5, 5.41) is 10.9. The molecule has 5 nitrogen and oxygen atoms in total. The lowest BCUT2D eigenvalue weighted by Gasteiger charge is -2.35. The lowest BCUT2D eigenvalue weighted by molar-refractivity contribution is -0.0235. The molecule has 0 unspecified atom stereocenters. The van der Waals surface area contributed by atoms with Crippen LogP contribution in [0.2, 0.25) is 0 Å². The predicted molar refractivity (Wildman–Crippen MR) is 120 cm³/mol. The van der Waals surface area contributed by atoms with Crippen LogP contribution >= 0.6 is 11.8 Å². The topological polar surface area (TPSA) is 53.0 Å². The molecule has 1 aromatic carbocycles. The Balaban J connectivity index is 1.26. The van der Waals surface area contributed by atoms with E-state index in [4.69, 9.17) is 4.74 Å². The normalized spacial score (nSPS) is 32.9. The second-order valence-corrected chi connectivity index (χ2v) is 10.7. The molecule has 3 saturated heterocycles. The van der Waals surface area contributed by atoms with Crippen molar-refractivity contribution in [1.29, 1.82) is 0 Å². The van der Waals surface area contributed by atoms with Gasteiger partial charge in [0, 0.05) is 32.2 Å². The zero-order chi connectivity index (χ0) is 20.5. The number of thioether (sulfide) groups is 1. The second-order valence-electron chi connectivity index (χ2n) is 9.51. The molecule has 0 radical (unpaired) electrons. The smallest absolute Gasteiger partial charge is 0.257 e. The summed E-state index contributed by atoms with van der Waals surface area (Å²) >= 11 is 2.08. The van der Waals surface area contributed by atoms with E-state index in [9.17, 15) is 9.90 Å². The highest BCUT2D eigenvalue weighted by atomic mass is 32.2. The van der Waals surface area contributed by atoms with Crippen molar-refractivity contribution in [1.82, 2.24) is 9.80 Å². The molecule has 4 aliphatic rings. The number of likely N-dealkylation sites (tertiary alicyclic amines) is 2. The molecule has 4 fully saturated rings. The zero-order valence-electron chi connectivity index (χ0n) is 17.7. The maximum Gasteiger partial charge on any atom is 0.257 e. The van der Waals surface area contributed by atoms with Crippen LogP contribution in [0.4, 0.5) is 0 Å². The van der Waals surface area contributed by atoms with E-state index in [-0.39, 0.29) is 12.0 Å². The molecule has 4 atom stereocenters. The molecule has 5 rings (SSSR count). The Bertz CT molecular complexity index is 748. The van der Waals surface area contributed by atoms with E-state index in [1.807, 2.05) is 29.2 Å². The molecule has 1 amide bonds. The van der Waals surface area contributed by atoms with Gasteiger partial charge in [0.05, 0.1) is 11.7 Å². The maximum atomic E-state index is 13.0. The number of fused-ring (bicyclic) bond motifs is 1. The fourth-order valence-electron chi connectivity index (χ4n) is 5.90. The average Bonchev–Trinajstić information content (AvgIpc) is 3.45. The molecule has 0 aromatic heterocycles. The van der Waals surface area contributed by atoms with Gasteiger partial charge in [0.25, 0.3) is 5.91 Å². The van der Waals surface area contributed by atoms with Crippen molar-refractivity contribution in [2.45, 2.75) is 56.8 Å². The summed E-state index contributed by atoms with van der Waals surface area (Å²) in [6, 6.07) is 8.31. The second kappa shape index (κ2) is 9.09. The van der Waals surface area contributed by atoms with Crippen LogP contribution in [0.15, 0.2) is 24.3 Å². The molecular weight excluding hydrogens is 396 g/mol. The monoisotopic (exact) mass is 430 g/mol. The number of aliphatic hydroxyl groups excluding tert-OH is 1. The molecular formula is C24H34N2O3S. The van der Waals surface area contributed by atoms with E-state index in [2.05, 4.69) is 16.7 Å². The Morgan fingerprint density at radius 2 is 1.73 bits per heavy atom. The molecule has 164 valence electrons. The first-order valence-corrected chi connectivity index (χ1v) is 12.9. The number of amides is 1. The summed E-state index contributed by atoms with van der Waals surface area (Å²) < 4.78 is 6.35. The van der Waals surface area contributed by atoms with E-state index < -0.39 is 6.10 Å². The highest BCUT2D eigenvalue weighted by molar-refractivity contribution is 7.99. The zero-order valence-corrected chi connectivity index (χ0v) is 18.6. The third-order valence-corrected chi connectivity index (χ3v) is 8.66. The summed E-state index contributed by atoms with van der Waals surface area (Å²) in [6.07, 6.45) is 5.79. The summed E-state index contributed by atoms with van der Waals surface area (Å²) in [6.45, 7) is 3.94. The number of ether oxygens (including phenoxy) is 1. The summed E-state index contributed by atoms with van der Waals surface area (Å²) in [7, 11) is 0. The van der Waals surface area contributed by atoms with Crippen molar-refractivity contribution in [2.75, 3.05) is 37.7 Å².